The van der Waals surface area contributed by atoms with Gasteiger partial charge in [0.1, 0.15) is 29.3 Å². The molecule has 0 bridgehead atoms. The van der Waals surface area contributed by atoms with Gasteiger partial charge >= 0.3 is 12.1 Å². The Morgan fingerprint density at radius 3 is 2.40 bits per heavy atom. The van der Waals surface area contributed by atoms with Crippen LogP contribution in [-0.2, 0) is 41.0 Å². The molecule has 47 heavy (non-hydrogen) atoms. The monoisotopic (exact) mass is 657 g/mol. The molecule has 4 aromatic rings. The van der Waals surface area contributed by atoms with Crippen molar-refractivity contribution in [3.63, 3.8) is 0 Å². The van der Waals surface area contributed by atoms with Crippen LogP contribution in [0.15, 0.2) is 59.4 Å². The Labute approximate surface area is 264 Å². The van der Waals surface area contributed by atoms with Gasteiger partial charge in [0.2, 0.25) is 0 Å². The molecule has 0 unspecified atom stereocenters. The van der Waals surface area contributed by atoms with Crippen LogP contribution in [0.3, 0.4) is 0 Å². The highest BCUT2D eigenvalue weighted by Gasteiger charge is 2.46. The number of fused-ring (bicyclic) bond motifs is 2. The smallest absolute Gasteiger partial charge is 0.411 e. The number of morpholine rings is 1. The number of benzene rings is 3. The lowest BCUT2D eigenvalue weighted by molar-refractivity contribution is -0.167. The summed E-state index contributed by atoms with van der Waals surface area (Å²) in [6.07, 6.45) is -5.03. The fourth-order valence-corrected chi connectivity index (χ4v) is 6.18. The largest absolute Gasteiger partial charge is 0.480 e. The Morgan fingerprint density at radius 2 is 1.70 bits per heavy atom. The number of pyridine rings is 1. The molecule has 9 nitrogen and oxygen atoms in total. The van der Waals surface area contributed by atoms with Crippen LogP contribution >= 0.6 is 0 Å². The highest BCUT2D eigenvalue weighted by molar-refractivity contribution is 5.97. The molecule has 1 aromatic heterocycles. The molecule has 1 saturated heterocycles. The Hall–Kier alpha value is -4.82. The van der Waals surface area contributed by atoms with Crippen molar-refractivity contribution in [2.75, 3.05) is 24.7 Å². The third kappa shape index (κ3) is 6.05. The molecular weight excluding hydrogens is 629 g/mol. The molecule has 1 amide bonds. The van der Waals surface area contributed by atoms with E-state index in [1.54, 1.807) is 25.2 Å². The minimum atomic E-state index is -4.74. The normalized spacial score (nSPS) is 17.1. The van der Waals surface area contributed by atoms with Gasteiger partial charge < -0.3 is 29.4 Å². The Bertz CT molecular complexity index is 1940. The number of hydrogen-bond acceptors (Lipinski definition) is 6. The van der Waals surface area contributed by atoms with Crippen molar-refractivity contribution in [2.24, 2.45) is 7.05 Å². The summed E-state index contributed by atoms with van der Waals surface area (Å²) in [4.78, 5) is 39.3. The van der Waals surface area contributed by atoms with Crippen LogP contribution in [0.4, 0.5) is 27.6 Å². The number of para-hydroxylation sites is 1. The number of aryl methyl sites for hydroxylation is 1. The zero-order valence-electron chi connectivity index (χ0n) is 24.9. The van der Waals surface area contributed by atoms with E-state index < -0.39 is 59.6 Å². The fourth-order valence-electron chi connectivity index (χ4n) is 6.18. The van der Waals surface area contributed by atoms with Gasteiger partial charge in [-0.1, -0.05) is 30.3 Å². The summed E-state index contributed by atoms with van der Waals surface area (Å²) in [5.41, 5.74) is 1.77. The van der Waals surface area contributed by atoms with Crippen molar-refractivity contribution in [3.8, 4) is 11.1 Å². The van der Waals surface area contributed by atoms with Crippen molar-refractivity contribution < 1.29 is 46.1 Å². The number of alkyl halides is 3. The number of carbonyl (C=O) groups is 2. The number of ether oxygens (including phenoxy) is 2. The van der Waals surface area contributed by atoms with Gasteiger partial charge in [-0.25, -0.2) is 13.6 Å². The minimum Gasteiger partial charge on any atom is -0.480 e. The van der Waals surface area contributed by atoms with E-state index in [2.05, 4.69) is 5.32 Å². The molecule has 0 aliphatic carbocycles. The van der Waals surface area contributed by atoms with Crippen LogP contribution in [-0.4, -0.2) is 59.6 Å². The van der Waals surface area contributed by atoms with E-state index in [4.69, 9.17) is 9.47 Å². The Morgan fingerprint density at radius 1 is 1.00 bits per heavy atom. The average molecular weight is 658 g/mol. The fraction of sp³-hybridized carbons (Fsp3) is 0.303. The van der Waals surface area contributed by atoms with E-state index in [1.165, 1.54) is 4.57 Å². The second-order valence-corrected chi connectivity index (χ2v) is 11.4. The molecule has 0 spiro atoms. The van der Waals surface area contributed by atoms with Crippen molar-refractivity contribution in [1.29, 1.82) is 0 Å². The summed E-state index contributed by atoms with van der Waals surface area (Å²) in [5.74, 6) is -5.79. The van der Waals surface area contributed by atoms with Crippen molar-refractivity contribution >= 4 is 28.5 Å². The van der Waals surface area contributed by atoms with E-state index in [-0.39, 0.29) is 38.3 Å². The van der Waals surface area contributed by atoms with Gasteiger partial charge in [0.25, 0.3) is 11.5 Å². The van der Waals surface area contributed by atoms with Crippen LogP contribution in [0.1, 0.15) is 27.0 Å². The first-order chi connectivity index (χ1) is 22.3. The first-order valence-electron chi connectivity index (χ1n) is 14.6. The molecule has 2 aliphatic heterocycles. The number of rotatable bonds is 7. The predicted molar refractivity (Wildman–Crippen MR) is 160 cm³/mol. The lowest BCUT2D eigenvalue weighted by Gasteiger charge is -2.38. The van der Waals surface area contributed by atoms with Crippen LogP contribution in [0.2, 0.25) is 0 Å². The third-order valence-electron chi connectivity index (χ3n) is 8.56. The SMILES string of the molecule is Cn1c(=O)c(-c2ccc(C[C@H](NC(=O)c3c(F)cc(N4CCOC[C@@H]4C(F)(F)F)cc3F)C(=O)O)c3c2COC3)cc2ccccc21. The molecule has 2 atom stereocenters. The molecule has 246 valence electrons. The first kappa shape index (κ1) is 32.1. The van der Waals surface area contributed by atoms with Gasteiger partial charge in [-0.05, 0) is 51.9 Å². The molecule has 3 heterocycles. The molecule has 0 saturated carbocycles. The number of hydrogen-bond donors (Lipinski definition) is 2. The van der Waals surface area contributed by atoms with Crippen LogP contribution in [0.25, 0.3) is 22.0 Å². The van der Waals surface area contributed by atoms with Gasteiger partial charge in [0.05, 0.1) is 31.9 Å². The van der Waals surface area contributed by atoms with Gasteiger partial charge in [-0.2, -0.15) is 13.2 Å². The van der Waals surface area contributed by atoms with Crippen molar-refractivity contribution in [1.82, 2.24) is 9.88 Å². The second-order valence-electron chi connectivity index (χ2n) is 11.4. The molecule has 2 N–H and O–H groups in total. The van der Waals surface area contributed by atoms with E-state index in [1.807, 2.05) is 24.3 Å². The average Bonchev–Trinajstić information content (AvgIpc) is 3.53. The van der Waals surface area contributed by atoms with Gasteiger partial charge in [0.15, 0.2) is 0 Å². The van der Waals surface area contributed by atoms with Gasteiger partial charge in [0, 0.05) is 31.3 Å². The number of carbonyl (C=O) groups excluding carboxylic acids is 1. The summed E-state index contributed by atoms with van der Waals surface area (Å²) in [6.45, 7) is -0.869. The van der Waals surface area contributed by atoms with Crippen LogP contribution < -0.4 is 15.8 Å². The van der Waals surface area contributed by atoms with E-state index >= 15 is 8.78 Å². The Kier molecular flexibility index (Phi) is 8.49. The molecule has 14 heteroatoms. The number of amides is 1. The number of aromatic nitrogens is 1. The summed E-state index contributed by atoms with van der Waals surface area (Å²) in [7, 11) is 1.67. The zero-order chi connectivity index (χ0) is 33.6. The van der Waals surface area contributed by atoms with Crippen LogP contribution in [0, 0.1) is 11.6 Å². The quantitative estimate of drug-likeness (QED) is 0.277. The van der Waals surface area contributed by atoms with Gasteiger partial charge in [-0.3, -0.25) is 9.59 Å². The number of nitrogens with one attached hydrogen (secondary N) is 1. The lowest BCUT2D eigenvalue weighted by atomic mass is 9.91. The first-order valence-corrected chi connectivity index (χ1v) is 14.6. The number of aliphatic carboxylic acids is 1. The third-order valence-corrected chi connectivity index (χ3v) is 8.56. The maximum atomic E-state index is 15.1. The van der Waals surface area contributed by atoms with Crippen molar-refractivity contribution in [3.05, 3.63) is 98.8 Å². The predicted octanol–water partition coefficient (Wildman–Crippen LogP) is 4.71. The number of halogens is 5. The second kappa shape index (κ2) is 12.4. The van der Waals surface area contributed by atoms with E-state index in [9.17, 15) is 32.7 Å². The topological polar surface area (TPSA) is 110 Å². The van der Waals surface area contributed by atoms with Crippen molar-refractivity contribution in [2.45, 2.75) is 37.9 Å². The summed E-state index contributed by atoms with van der Waals surface area (Å²) in [5, 5.41) is 12.9. The standard InChI is InChI=1S/C33H28F5N3O6/c1-40-27-5-3-2-4-18(27)10-21(31(40)43)20-7-6-17(22-14-47-15-23(20)22)11-26(32(44)45)39-30(42)29-24(34)12-19(13-25(29)35)41-8-9-46-16-28(41)33(36,37)38/h2-7,10,12-13,26,28H,8-9,11,14-16H2,1H3,(H,39,42)(H,44,45)/t26-,28+/m0/s1. The van der Waals surface area contributed by atoms with Crippen LogP contribution in [0.5, 0.6) is 0 Å². The lowest BCUT2D eigenvalue weighted by Crippen LogP contribution is -2.53. The molecule has 3 aromatic carbocycles. The highest BCUT2D eigenvalue weighted by atomic mass is 19.4. The summed E-state index contributed by atoms with van der Waals surface area (Å²) < 4.78 is 82.9. The van der Waals surface area contributed by atoms with E-state index in [0.717, 1.165) is 15.8 Å². The molecule has 1 fully saturated rings. The molecule has 2 aliphatic rings. The summed E-state index contributed by atoms with van der Waals surface area (Å²) in [6, 6.07) is 9.90. The number of nitrogens with zero attached hydrogens (tertiary/aromatic N) is 2. The molecule has 6 rings (SSSR count). The highest BCUT2D eigenvalue weighted by Crippen LogP contribution is 2.35. The maximum absolute atomic E-state index is 15.1. The Balaban J connectivity index is 1.27. The number of carboxylic acid groups (broad SMARTS) is 1. The zero-order valence-corrected chi connectivity index (χ0v) is 24.9. The molecule has 0 radical (unpaired) electrons. The maximum Gasteiger partial charge on any atom is 0.411 e. The van der Waals surface area contributed by atoms with E-state index in [0.29, 0.717) is 39.9 Å². The number of anilines is 1. The molecular formula is C33H28F5N3O6. The summed E-state index contributed by atoms with van der Waals surface area (Å²) >= 11 is 0. The number of carboxylic acids is 1. The van der Waals surface area contributed by atoms with Gasteiger partial charge in [-0.15, -0.1) is 0 Å². The minimum absolute atomic E-state index is 0.104.